The van der Waals surface area contributed by atoms with Gasteiger partial charge in [-0.2, -0.15) is 0 Å². The SMILES string of the molecule is CCN1c2nn(c(=O)c3c(OC)c4n(c23)[C@@H](C)CN(C(C)C)C4=O)Cc2ccc(F)cc2OCCCCS1(=O)=O. The van der Waals surface area contributed by atoms with Crippen LogP contribution in [0.5, 0.6) is 11.5 Å². The highest BCUT2D eigenvalue weighted by molar-refractivity contribution is 7.92. The van der Waals surface area contributed by atoms with Gasteiger partial charge < -0.3 is 18.9 Å². The molecule has 0 fully saturated rings. The van der Waals surface area contributed by atoms with E-state index < -0.39 is 21.4 Å². The topological polar surface area (TPSA) is 116 Å². The highest BCUT2D eigenvalue weighted by atomic mass is 32.2. The van der Waals surface area contributed by atoms with E-state index in [1.54, 1.807) is 16.4 Å². The molecule has 1 aromatic carbocycles. The van der Waals surface area contributed by atoms with Crippen LogP contribution in [0.15, 0.2) is 23.0 Å². The molecule has 2 bridgehead atoms. The van der Waals surface area contributed by atoms with Gasteiger partial charge in [0.2, 0.25) is 10.0 Å². The van der Waals surface area contributed by atoms with Gasteiger partial charge in [-0.05, 0) is 46.6 Å². The zero-order valence-electron chi connectivity index (χ0n) is 23.3. The van der Waals surface area contributed by atoms with Crippen LogP contribution in [-0.2, 0) is 16.6 Å². The second-order valence-electron chi connectivity index (χ2n) is 10.5. The van der Waals surface area contributed by atoms with Crippen molar-refractivity contribution in [2.75, 3.05) is 36.9 Å². The number of rotatable bonds is 3. The molecule has 40 heavy (non-hydrogen) atoms. The Kier molecular flexibility index (Phi) is 7.28. The Morgan fingerprint density at radius 3 is 2.65 bits per heavy atom. The number of fused-ring (bicyclic) bond motifs is 7. The Bertz CT molecular complexity index is 1650. The number of nitrogens with zero attached hydrogens (tertiary/aromatic N) is 5. The van der Waals surface area contributed by atoms with Crippen molar-refractivity contribution in [3.8, 4) is 11.5 Å². The van der Waals surface area contributed by atoms with Gasteiger partial charge in [0.15, 0.2) is 17.3 Å². The Hall–Kier alpha value is -3.61. The first-order chi connectivity index (χ1) is 19.0. The van der Waals surface area contributed by atoms with Crippen LogP contribution in [-0.4, -0.2) is 72.2 Å². The quantitative estimate of drug-likeness (QED) is 0.471. The van der Waals surface area contributed by atoms with Crippen LogP contribution < -0.4 is 19.3 Å². The molecule has 13 heteroatoms. The third-order valence-corrected chi connectivity index (χ3v) is 9.40. The average Bonchev–Trinajstić information content (AvgIpc) is 3.26. The summed E-state index contributed by atoms with van der Waals surface area (Å²) < 4.78 is 57.0. The van der Waals surface area contributed by atoms with Gasteiger partial charge in [-0.25, -0.2) is 17.5 Å². The molecule has 2 aliphatic heterocycles. The van der Waals surface area contributed by atoms with Gasteiger partial charge >= 0.3 is 0 Å². The number of carbonyl (C=O) groups is 1. The summed E-state index contributed by atoms with van der Waals surface area (Å²) >= 11 is 0. The van der Waals surface area contributed by atoms with Crippen LogP contribution >= 0.6 is 0 Å². The van der Waals surface area contributed by atoms with Crippen LogP contribution in [0.25, 0.3) is 10.9 Å². The van der Waals surface area contributed by atoms with E-state index in [0.717, 1.165) is 4.68 Å². The number of amides is 1. The number of halogens is 1. The van der Waals surface area contributed by atoms with Crippen molar-refractivity contribution in [1.82, 2.24) is 19.2 Å². The summed E-state index contributed by atoms with van der Waals surface area (Å²) in [7, 11) is -2.49. The van der Waals surface area contributed by atoms with Crippen molar-refractivity contribution in [3.05, 3.63) is 45.6 Å². The molecule has 2 aromatic heterocycles. The van der Waals surface area contributed by atoms with Gasteiger partial charge in [0.05, 0.1) is 26.0 Å². The highest BCUT2D eigenvalue weighted by Gasteiger charge is 2.40. The van der Waals surface area contributed by atoms with Crippen LogP contribution in [0.3, 0.4) is 0 Å². The van der Waals surface area contributed by atoms with E-state index in [4.69, 9.17) is 9.47 Å². The first-order valence-electron chi connectivity index (χ1n) is 13.5. The fraction of sp³-hybridized carbons (Fsp3) is 0.519. The van der Waals surface area contributed by atoms with E-state index in [2.05, 4.69) is 5.10 Å². The lowest BCUT2D eigenvalue weighted by Crippen LogP contribution is -2.46. The monoisotopic (exact) mass is 575 g/mol. The summed E-state index contributed by atoms with van der Waals surface area (Å²) in [4.78, 5) is 29.5. The zero-order chi connectivity index (χ0) is 28.9. The lowest BCUT2D eigenvalue weighted by atomic mass is 10.1. The number of hydrogen-bond acceptors (Lipinski definition) is 7. The third kappa shape index (κ3) is 4.49. The average molecular weight is 576 g/mol. The summed E-state index contributed by atoms with van der Waals surface area (Å²) in [6, 6.07) is 3.64. The second-order valence-corrected chi connectivity index (χ2v) is 12.5. The molecule has 0 saturated heterocycles. The molecule has 1 atom stereocenters. The molecular formula is C27H34FN5O6S. The molecule has 1 amide bonds. The van der Waals surface area contributed by atoms with E-state index >= 15 is 0 Å². The van der Waals surface area contributed by atoms with Gasteiger partial charge in [0.25, 0.3) is 11.5 Å². The number of hydrogen-bond donors (Lipinski definition) is 0. The highest BCUT2D eigenvalue weighted by Crippen LogP contribution is 2.41. The zero-order valence-corrected chi connectivity index (χ0v) is 24.1. The van der Waals surface area contributed by atoms with Crippen molar-refractivity contribution < 1.29 is 27.1 Å². The molecule has 5 rings (SSSR count). The Labute approximate surface area is 232 Å². The van der Waals surface area contributed by atoms with Crippen LogP contribution in [0.1, 0.15) is 62.6 Å². The minimum absolute atomic E-state index is 0.0446. The van der Waals surface area contributed by atoms with Gasteiger partial charge in [-0.3, -0.25) is 13.9 Å². The van der Waals surface area contributed by atoms with Crippen molar-refractivity contribution in [3.63, 3.8) is 0 Å². The summed E-state index contributed by atoms with van der Waals surface area (Å²) in [6.45, 7) is 7.94. The van der Waals surface area contributed by atoms with Gasteiger partial charge in [0, 0.05) is 36.8 Å². The molecule has 0 unspecified atom stereocenters. The second kappa shape index (κ2) is 10.4. The Morgan fingerprint density at radius 2 is 1.98 bits per heavy atom. The minimum atomic E-state index is -3.88. The molecule has 0 saturated carbocycles. The molecule has 0 spiro atoms. The van der Waals surface area contributed by atoms with Gasteiger partial charge in [0.1, 0.15) is 22.5 Å². The normalized spacial score (nSPS) is 19.4. The number of methoxy groups -OCH3 is 1. The summed E-state index contributed by atoms with van der Waals surface area (Å²) in [5.74, 6) is -0.612. The number of ether oxygens (including phenoxy) is 2. The maximum atomic E-state index is 14.1. The Morgan fingerprint density at radius 1 is 1.23 bits per heavy atom. The van der Waals surface area contributed by atoms with E-state index in [9.17, 15) is 22.4 Å². The summed E-state index contributed by atoms with van der Waals surface area (Å²) in [5, 5.41) is 4.67. The molecule has 2 aliphatic rings. The Balaban J connectivity index is 1.89. The lowest BCUT2D eigenvalue weighted by Gasteiger charge is -2.36. The van der Waals surface area contributed by atoms with Crippen LogP contribution in [0.4, 0.5) is 10.2 Å². The minimum Gasteiger partial charge on any atom is -0.493 e. The first kappa shape index (κ1) is 27.9. The van der Waals surface area contributed by atoms with Crippen molar-refractivity contribution in [1.29, 1.82) is 0 Å². The largest absolute Gasteiger partial charge is 0.493 e. The number of carbonyl (C=O) groups excluding carboxylic acids is 1. The number of anilines is 1. The number of aromatic nitrogens is 3. The van der Waals surface area contributed by atoms with E-state index in [1.165, 1.54) is 29.6 Å². The van der Waals surface area contributed by atoms with E-state index in [0.29, 0.717) is 24.9 Å². The molecule has 0 radical (unpaired) electrons. The predicted molar refractivity (Wildman–Crippen MR) is 148 cm³/mol. The fourth-order valence-corrected chi connectivity index (χ4v) is 7.15. The first-order valence-corrected chi connectivity index (χ1v) is 15.1. The smallest absolute Gasteiger partial charge is 0.280 e. The molecule has 4 heterocycles. The van der Waals surface area contributed by atoms with Crippen molar-refractivity contribution >= 4 is 32.7 Å². The molecule has 0 N–H and O–H groups in total. The third-order valence-electron chi connectivity index (χ3n) is 7.49. The van der Waals surface area contributed by atoms with Gasteiger partial charge in [-0.1, -0.05) is 6.07 Å². The van der Waals surface area contributed by atoms with Gasteiger partial charge in [-0.15, -0.1) is 5.10 Å². The maximum Gasteiger partial charge on any atom is 0.280 e. The van der Waals surface area contributed by atoms with Crippen molar-refractivity contribution in [2.24, 2.45) is 0 Å². The van der Waals surface area contributed by atoms with Crippen LogP contribution in [0.2, 0.25) is 0 Å². The molecule has 0 aliphatic carbocycles. The predicted octanol–water partition coefficient (Wildman–Crippen LogP) is 3.15. The number of sulfonamides is 1. The standard InChI is InChI=1S/C27H34FN5O6S/c1-6-32-25-22-21(24(38-5)23-27(35)30(16(2)3)14-17(4)33(22)23)26(34)31(29-25)15-18-9-10-19(28)13-20(18)39-11-7-8-12-40(32,36)37/h9-10,13,16-17H,6-8,11-12,14-15H2,1-5H3/t17-/m0/s1. The van der Waals surface area contributed by atoms with E-state index in [1.807, 2.05) is 20.8 Å². The summed E-state index contributed by atoms with van der Waals surface area (Å²) in [5.41, 5.74) is 0.369. The molecular weight excluding hydrogens is 541 g/mol. The summed E-state index contributed by atoms with van der Waals surface area (Å²) in [6.07, 6.45) is 0.734. The van der Waals surface area contributed by atoms with E-state index in [-0.39, 0.29) is 77.4 Å². The van der Waals surface area contributed by atoms with Crippen molar-refractivity contribution in [2.45, 2.75) is 59.2 Å². The molecule has 216 valence electrons. The lowest BCUT2D eigenvalue weighted by molar-refractivity contribution is 0.0615. The molecule has 3 aromatic rings. The van der Waals surface area contributed by atoms with Crippen LogP contribution in [0, 0.1) is 5.82 Å². The molecule has 11 nitrogen and oxygen atoms in total. The fourth-order valence-electron chi connectivity index (χ4n) is 5.58. The maximum absolute atomic E-state index is 14.1. The number of benzene rings is 1.